The van der Waals surface area contributed by atoms with Crippen LogP contribution in [0.1, 0.15) is 29.0 Å². The maximum Gasteiger partial charge on any atom is 0.433 e. The minimum atomic E-state index is -4.62. The van der Waals surface area contributed by atoms with Gasteiger partial charge in [0.2, 0.25) is 5.89 Å². The Kier molecular flexibility index (Phi) is 7.01. The molecule has 0 atom stereocenters. The molecule has 2 aromatic rings. The summed E-state index contributed by atoms with van der Waals surface area (Å²) in [6.07, 6.45) is 4.16. The molecule has 2 aromatic heterocycles. The smallest absolute Gasteiger partial charge is 0.433 e. The third kappa shape index (κ3) is 5.77. The number of hydrogen-bond donors (Lipinski definition) is 4. The van der Waals surface area contributed by atoms with Gasteiger partial charge in [-0.2, -0.15) is 13.2 Å². The molecule has 35 heavy (non-hydrogen) atoms. The van der Waals surface area contributed by atoms with Crippen molar-refractivity contribution in [3.8, 4) is 11.5 Å². The maximum atomic E-state index is 12.9. The number of piperidine rings is 1. The van der Waals surface area contributed by atoms with Crippen LogP contribution in [0.25, 0.3) is 11.5 Å². The van der Waals surface area contributed by atoms with Gasteiger partial charge < -0.3 is 30.5 Å². The second-order valence-electron chi connectivity index (χ2n) is 7.89. The molecule has 1 aliphatic heterocycles. The number of amides is 1. The van der Waals surface area contributed by atoms with Crippen LogP contribution < -0.4 is 16.0 Å². The number of hydrogen-bond acceptors (Lipinski definition) is 8. The Balaban J connectivity index is 1.50. The number of pyridine rings is 1. The lowest BCUT2D eigenvalue weighted by Crippen LogP contribution is -2.38. The second-order valence-corrected chi connectivity index (χ2v) is 7.89. The highest BCUT2D eigenvalue weighted by molar-refractivity contribution is 6.10. The average molecular weight is 488 g/mol. The molecule has 3 heterocycles. The van der Waals surface area contributed by atoms with E-state index in [1.807, 2.05) is 0 Å². The van der Waals surface area contributed by atoms with Crippen molar-refractivity contribution in [2.45, 2.75) is 25.1 Å². The summed E-state index contributed by atoms with van der Waals surface area (Å²) in [5.41, 5.74) is -0.134. The van der Waals surface area contributed by atoms with Crippen LogP contribution in [0.2, 0.25) is 0 Å². The summed E-state index contributed by atoms with van der Waals surface area (Å²) in [4.78, 5) is 20.1. The monoisotopic (exact) mass is 488 g/mol. The molecule has 0 saturated carbocycles. The summed E-state index contributed by atoms with van der Waals surface area (Å²) in [5.74, 6) is -0.537. The van der Waals surface area contributed by atoms with Gasteiger partial charge >= 0.3 is 6.18 Å². The molecule has 1 fully saturated rings. The van der Waals surface area contributed by atoms with Gasteiger partial charge in [-0.05, 0) is 44.1 Å². The van der Waals surface area contributed by atoms with Gasteiger partial charge in [0.25, 0.3) is 5.91 Å². The van der Waals surface area contributed by atoms with Crippen molar-refractivity contribution in [2.24, 2.45) is 0 Å². The van der Waals surface area contributed by atoms with E-state index in [9.17, 15) is 18.0 Å². The summed E-state index contributed by atoms with van der Waals surface area (Å²) in [6.45, 7) is 1.83. The zero-order valence-corrected chi connectivity index (χ0v) is 18.7. The number of nitrogens with one attached hydrogen (secondary N) is 4. The molecule has 0 spiro atoms. The lowest BCUT2D eigenvalue weighted by molar-refractivity contribution is -0.141. The van der Waals surface area contributed by atoms with Crippen LogP contribution in [0.4, 0.5) is 13.2 Å². The number of aromatic nitrogens is 2. The first-order chi connectivity index (χ1) is 16.7. The number of nitrogens with zero attached hydrogens (tertiary/aromatic N) is 2. The number of alkyl halides is 3. The summed E-state index contributed by atoms with van der Waals surface area (Å²) in [5, 5.41) is 17.5. The Bertz CT molecular complexity index is 1210. The van der Waals surface area contributed by atoms with E-state index in [0.29, 0.717) is 11.3 Å². The number of ether oxygens (including phenoxy) is 1. The van der Waals surface area contributed by atoms with E-state index >= 15 is 0 Å². The lowest BCUT2D eigenvalue weighted by atomic mass is 10.0. The predicted molar refractivity (Wildman–Crippen MR) is 120 cm³/mol. The molecule has 1 saturated heterocycles. The third-order valence-electron chi connectivity index (χ3n) is 5.47. The first-order valence-electron chi connectivity index (χ1n) is 10.8. The molecule has 4 rings (SSSR count). The number of methoxy groups -OCH3 is 1. The van der Waals surface area contributed by atoms with Gasteiger partial charge in [0, 0.05) is 35.7 Å². The van der Waals surface area contributed by atoms with E-state index in [1.54, 1.807) is 12.3 Å². The fraction of sp³-hybridized carbons (Fsp3) is 0.304. The van der Waals surface area contributed by atoms with Gasteiger partial charge in [0.1, 0.15) is 17.7 Å². The Morgan fingerprint density at radius 3 is 2.80 bits per heavy atom. The van der Waals surface area contributed by atoms with E-state index < -0.39 is 17.8 Å². The molecular weight excluding hydrogens is 465 g/mol. The SMILES string of the molecule is COC1=CC(=N)/C(=C\NC2CCNCC2)C=C1NC(=O)c1coc(-c2ccnc(C(F)(F)F)c2)n1. The number of carbonyl (C=O) groups excluding carboxylic acids is 1. The fourth-order valence-electron chi connectivity index (χ4n) is 3.59. The summed E-state index contributed by atoms with van der Waals surface area (Å²) >= 11 is 0. The Hall–Kier alpha value is -3.93. The quantitative estimate of drug-likeness (QED) is 0.492. The van der Waals surface area contributed by atoms with Crippen molar-refractivity contribution in [3.05, 3.63) is 71.4 Å². The number of rotatable bonds is 6. The van der Waals surface area contributed by atoms with Crippen molar-refractivity contribution < 1.29 is 27.1 Å². The van der Waals surface area contributed by atoms with Gasteiger partial charge in [-0.15, -0.1) is 0 Å². The van der Waals surface area contributed by atoms with E-state index in [1.165, 1.54) is 19.3 Å². The van der Waals surface area contributed by atoms with Gasteiger partial charge in [0.05, 0.1) is 18.5 Å². The predicted octanol–water partition coefficient (Wildman–Crippen LogP) is 3.16. The highest BCUT2D eigenvalue weighted by Gasteiger charge is 2.33. The van der Waals surface area contributed by atoms with Crippen molar-refractivity contribution in [3.63, 3.8) is 0 Å². The fourth-order valence-corrected chi connectivity index (χ4v) is 3.59. The van der Waals surface area contributed by atoms with Crippen LogP contribution in [-0.4, -0.2) is 47.8 Å². The zero-order valence-electron chi connectivity index (χ0n) is 18.7. The average Bonchev–Trinajstić information content (AvgIpc) is 3.35. The van der Waals surface area contributed by atoms with E-state index in [2.05, 4.69) is 25.9 Å². The summed E-state index contributed by atoms with van der Waals surface area (Å²) in [6, 6.07) is 2.38. The molecule has 0 radical (unpaired) electrons. The van der Waals surface area contributed by atoms with E-state index in [-0.39, 0.29) is 34.7 Å². The van der Waals surface area contributed by atoms with Crippen molar-refractivity contribution in [1.29, 1.82) is 5.41 Å². The van der Waals surface area contributed by atoms with Gasteiger partial charge in [-0.25, -0.2) is 4.98 Å². The highest BCUT2D eigenvalue weighted by atomic mass is 19.4. The van der Waals surface area contributed by atoms with Crippen molar-refractivity contribution >= 4 is 11.6 Å². The minimum Gasteiger partial charge on any atom is -0.494 e. The molecule has 0 bridgehead atoms. The molecule has 1 amide bonds. The summed E-state index contributed by atoms with van der Waals surface area (Å²) in [7, 11) is 1.41. The molecule has 0 unspecified atom stereocenters. The normalized spacial score (nSPS) is 18.2. The van der Waals surface area contributed by atoms with Crippen molar-refractivity contribution in [1.82, 2.24) is 25.9 Å². The van der Waals surface area contributed by atoms with Gasteiger partial charge in [-0.3, -0.25) is 9.78 Å². The minimum absolute atomic E-state index is 0.0309. The molecule has 2 aliphatic rings. The van der Waals surface area contributed by atoms with E-state index in [0.717, 1.165) is 44.5 Å². The van der Waals surface area contributed by atoms with Crippen LogP contribution in [0, 0.1) is 5.41 Å². The Labute approximate surface area is 198 Å². The van der Waals surface area contributed by atoms with Crippen molar-refractivity contribution in [2.75, 3.05) is 20.2 Å². The molecule has 4 N–H and O–H groups in total. The third-order valence-corrected chi connectivity index (χ3v) is 5.47. The van der Waals surface area contributed by atoms with Gasteiger partial charge in [0.15, 0.2) is 5.69 Å². The van der Waals surface area contributed by atoms with Crippen LogP contribution in [0.3, 0.4) is 0 Å². The second kappa shape index (κ2) is 10.1. The molecular formula is C23H23F3N6O3. The zero-order chi connectivity index (χ0) is 25.0. The lowest BCUT2D eigenvalue weighted by Gasteiger charge is -2.24. The topological polar surface area (TPSA) is 125 Å². The van der Waals surface area contributed by atoms with Gasteiger partial charge in [-0.1, -0.05) is 0 Å². The first-order valence-corrected chi connectivity index (χ1v) is 10.8. The molecule has 12 heteroatoms. The number of oxazole rings is 1. The van der Waals surface area contributed by atoms with Crippen LogP contribution in [-0.2, 0) is 10.9 Å². The number of carbonyl (C=O) groups is 1. The largest absolute Gasteiger partial charge is 0.494 e. The first kappa shape index (κ1) is 24.2. The molecule has 184 valence electrons. The Morgan fingerprint density at radius 1 is 1.31 bits per heavy atom. The number of allylic oxidation sites excluding steroid dienone is 3. The summed E-state index contributed by atoms with van der Waals surface area (Å²) < 4.78 is 49.3. The van der Waals surface area contributed by atoms with Crippen LogP contribution >= 0.6 is 0 Å². The highest BCUT2D eigenvalue weighted by Crippen LogP contribution is 2.30. The van der Waals surface area contributed by atoms with E-state index in [4.69, 9.17) is 14.6 Å². The molecule has 0 aromatic carbocycles. The maximum absolute atomic E-state index is 12.9. The number of halogens is 3. The standard InChI is InChI=1S/C23H23F3N6O3/c1-34-19-10-16(27)14(11-30-15-3-5-28-6-4-15)8-17(19)31-21(33)18-12-35-22(32-18)13-2-7-29-20(9-13)23(24,25)26/h2,7-12,15,27-28,30H,3-6H2,1H3,(H,31,33)/b14-11-,27-16?. The molecule has 9 nitrogen and oxygen atoms in total. The molecule has 1 aliphatic carbocycles. The van der Waals surface area contributed by atoms with Crippen LogP contribution in [0.5, 0.6) is 0 Å². The Morgan fingerprint density at radius 2 is 2.09 bits per heavy atom. The van der Waals surface area contributed by atoms with Crippen LogP contribution in [0.15, 0.2) is 64.4 Å².